The van der Waals surface area contributed by atoms with Crippen LogP contribution in [0.2, 0.25) is 0 Å². The number of rotatable bonds is 9. The van der Waals surface area contributed by atoms with Crippen LogP contribution in [-0.4, -0.2) is 62.5 Å². The topological polar surface area (TPSA) is 105 Å². The Morgan fingerprint density at radius 2 is 1.87 bits per heavy atom. The molecule has 2 N–H and O–H groups in total. The number of hydrogen-bond acceptors (Lipinski definition) is 5. The summed E-state index contributed by atoms with van der Waals surface area (Å²) in [5.41, 5.74) is 0.490. The molecule has 2 amide bonds. The molecule has 1 fully saturated rings. The van der Waals surface area contributed by atoms with E-state index in [-0.39, 0.29) is 23.5 Å². The smallest absolute Gasteiger partial charge is 0.243 e. The number of benzene rings is 1. The molecule has 2 rings (SSSR count). The van der Waals surface area contributed by atoms with E-state index in [1.807, 2.05) is 34.6 Å². The monoisotopic (exact) mass is 453 g/mol. The lowest BCUT2D eigenvalue weighted by Crippen LogP contribution is -2.56. The van der Waals surface area contributed by atoms with Crippen molar-refractivity contribution in [2.45, 2.75) is 76.5 Å². The summed E-state index contributed by atoms with van der Waals surface area (Å²) in [6, 6.07) is 5.68. The third-order valence-corrected chi connectivity index (χ3v) is 6.47. The Balaban J connectivity index is 2.16. The number of amides is 2. The summed E-state index contributed by atoms with van der Waals surface area (Å²) in [6.07, 6.45) is 1.95. The second kappa shape index (κ2) is 10.6. The van der Waals surface area contributed by atoms with Crippen LogP contribution in [0.1, 0.15) is 52.5 Å². The Bertz CT molecular complexity index is 856. The van der Waals surface area contributed by atoms with Crippen LogP contribution in [0.15, 0.2) is 29.2 Å². The lowest BCUT2D eigenvalue weighted by molar-refractivity contribution is -0.142. The van der Waals surface area contributed by atoms with Crippen molar-refractivity contribution in [3.8, 4) is 0 Å². The highest BCUT2D eigenvalue weighted by molar-refractivity contribution is 7.89. The van der Waals surface area contributed by atoms with Gasteiger partial charge in [0.15, 0.2) is 0 Å². The van der Waals surface area contributed by atoms with Gasteiger partial charge in [0.05, 0.1) is 17.5 Å². The van der Waals surface area contributed by atoms with E-state index in [4.69, 9.17) is 4.74 Å². The van der Waals surface area contributed by atoms with Crippen LogP contribution in [0.4, 0.5) is 0 Å². The molecule has 1 aromatic carbocycles. The van der Waals surface area contributed by atoms with E-state index in [1.54, 1.807) is 12.1 Å². The number of nitrogens with zero attached hydrogens (tertiary/aromatic N) is 1. The molecule has 1 saturated heterocycles. The minimum Gasteiger partial charge on any atom is -0.376 e. The summed E-state index contributed by atoms with van der Waals surface area (Å²) >= 11 is 0. The van der Waals surface area contributed by atoms with Gasteiger partial charge in [-0.05, 0) is 59.1 Å². The van der Waals surface area contributed by atoms with E-state index < -0.39 is 34.1 Å². The number of hydrogen-bond donors (Lipinski definition) is 2. The molecule has 2 atom stereocenters. The van der Waals surface area contributed by atoms with Gasteiger partial charge in [0, 0.05) is 18.7 Å². The molecule has 1 heterocycles. The Morgan fingerprint density at radius 1 is 1.23 bits per heavy atom. The fourth-order valence-corrected chi connectivity index (χ4v) is 4.44. The summed E-state index contributed by atoms with van der Waals surface area (Å²) in [5.74, 6) is -0.718. The van der Waals surface area contributed by atoms with Crippen LogP contribution in [0.3, 0.4) is 0 Å². The minimum absolute atomic E-state index is 0.0918. The first-order valence-corrected chi connectivity index (χ1v) is 12.2. The molecular weight excluding hydrogens is 418 g/mol. The average Bonchev–Trinajstić information content (AvgIpc) is 3.18. The molecule has 0 aromatic heterocycles. The normalized spacial score (nSPS) is 17.9. The average molecular weight is 454 g/mol. The second-order valence-electron chi connectivity index (χ2n) is 8.98. The summed E-state index contributed by atoms with van der Waals surface area (Å²) in [4.78, 5) is 27.5. The van der Waals surface area contributed by atoms with Crippen LogP contribution in [0.5, 0.6) is 0 Å². The number of nitrogens with one attached hydrogen (secondary N) is 2. The van der Waals surface area contributed by atoms with Gasteiger partial charge in [-0.15, -0.1) is 0 Å². The van der Waals surface area contributed by atoms with E-state index in [9.17, 15) is 18.0 Å². The highest BCUT2D eigenvalue weighted by Crippen LogP contribution is 2.17. The van der Waals surface area contributed by atoms with Crippen molar-refractivity contribution >= 4 is 21.8 Å². The first-order chi connectivity index (χ1) is 14.4. The Hall–Kier alpha value is -1.97. The van der Waals surface area contributed by atoms with Crippen molar-refractivity contribution in [1.29, 1.82) is 0 Å². The number of sulfonamides is 1. The number of aryl methyl sites for hydroxylation is 1. The van der Waals surface area contributed by atoms with Crippen molar-refractivity contribution in [2.75, 3.05) is 19.7 Å². The molecule has 0 bridgehead atoms. The molecule has 8 nitrogen and oxygen atoms in total. The van der Waals surface area contributed by atoms with Crippen molar-refractivity contribution < 1.29 is 22.7 Å². The highest BCUT2D eigenvalue weighted by Gasteiger charge is 2.33. The first kappa shape index (κ1) is 25.3. The molecular formula is C22H35N3O5S. The standard InChI is InChI=1S/C22H35N3O5S/c1-6-19(21(27)24-22(3,4)5)25(15-17-8-7-13-30-17)20(26)14-23-31(28,29)18-11-9-16(2)10-12-18/h9-12,17,19,23H,6-8,13-15H2,1-5H3,(H,24,27)/t17-,19+/m0/s1. The van der Waals surface area contributed by atoms with Gasteiger partial charge in [0.1, 0.15) is 6.04 Å². The zero-order valence-corrected chi connectivity index (χ0v) is 19.9. The summed E-state index contributed by atoms with van der Waals surface area (Å²) in [6.45, 7) is 9.77. The Kier molecular flexibility index (Phi) is 8.62. The third-order valence-electron chi connectivity index (χ3n) is 5.05. The summed E-state index contributed by atoms with van der Waals surface area (Å²) in [5, 5.41) is 2.92. The van der Waals surface area contributed by atoms with Gasteiger partial charge >= 0.3 is 0 Å². The van der Waals surface area contributed by atoms with E-state index >= 15 is 0 Å². The van der Waals surface area contributed by atoms with Gasteiger partial charge in [-0.2, -0.15) is 0 Å². The first-order valence-electron chi connectivity index (χ1n) is 10.7. The lowest BCUT2D eigenvalue weighted by Gasteiger charge is -2.34. The van der Waals surface area contributed by atoms with Crippen LogP contribution in [0, 0.1) is 6.92 Å². The van der Waals surface area contributed by atoms with Gasteiger partial charge in [-0.3, -0.25) is 9.59 Å². The van der Waals surface area contributed by atoms with Crippen molar-refractivity contribution in [3.05, 3.63) is 29.8 Å². The maximum Gasteiger partial charge on any atom is 0.243 e. The molecule has 1 aliphatic rings. The van der Waals surface area contributed by atoms with Crippen LogP contribution >= 0.6 is 0 Å². The predicted octanol–water partition coefficient (Wildman–Crippen LogP) is 1.97. The van der Waals surface area contributed by atoms with Crippen molar-refractivity contribution in [1.82, 2.24) is 14.9 Å². The Labute approximate surface area is 185 Å². The fraction of sp³-hybridized carbons (Fsp3) is 0.636. The van der Waals surface area contributed by atoms with Gasteiger partial charge in [-0.1, -0.05) is 24.6 Å². The van der Waals surface area contributed by atoms with Gasteiger partial charge < -0.3 is 15.0 Å². The van der Waals surface area contributed by atoms with E-state index in [0.717, 1.165) is 18.4 Å². The molecule has 0 radical (unpaired) electrons. The lowest BCUT2D eigenvalue weighted by atomic mass is 10.1. The van der Waals surface area contributed by atoms with Crippen LogP contribution in [-0.2, 0) is 24.3 Å². The number of carbonyl (C=O) groups excluding carboxylic acids is 2. The van der Waals surface area contributed by atoms with Gasteiger partial charge in [0.25, 0.3) is 0 Å². The van der Waals surface area contributed by atoms with Crippen LogP contribution in [0.25, 0.3) is 0 Å². The van der Waals surface area contributed by atoms with Crippen LogP contribution < -0.4 is 10.0 Å². The maximum atomic E-state index is 13.1. The van der Waals surface area contributed by atoms with Gasteiger partial charge in [-0.25, -0.2) is 13.1 Å². The predicted molar refractivity (Wildman–Crippen MR) is 119 cm³/mol. The van der Waals surface area contributed by atoms with Gasteiger partial charge in [0.2, 0.25) is 21.8 Å². The van der Waals surface area contributed by atoms with Crippen molar-refractivity contribution in [2.24, 2.45) is 0 Å². The number of ether oxygens (including phenoxy) is 1. The minimum atomic E-state index is -3.84. The zero-order valence-electron chi connectivity index (χ0n) is 19.1. The molecule has 9 heteroatoms. The molecule has 31 heavy (non-hydrogen) atoms. The molecule has 0 saturated carbocycles. The molecule has 174 valence electrons. The summed E-state index contributed by atoms with van der Waals surface area (Å²) < 4.78 is 33.2. The molecule has 1 aliphatic heterocycles. The quantitative estimate of drug-likeness (QED) is 0.595. The molecule has 0 spiro atoms. The molecule has 0 aliphatic carbocycles. The molecule has 1 aromatic rings. The zero-order chi connectivity index (χ0) is 23.2. The fourth-order valence-electron chi connectivity index (χ4n) is 3.47. The maximum absolute atomic E-state index is 13.1. The third kappa shape index (κ3) is 7.59. The van der Waals surface area contributed by atoms with E-state index in [1.165, 1.54) is 17.0 Å². The van der Waals surface area contributed by atoms with E-state index in [0.29, 0.717) is 13.0 Å². The highest BCUT2D eigenvalue weighted by atomic mass is 32.2. The second-order valence-corrected chi connectivity index (χ2v) is 10.7. The largest absolute Gasteiger partial charge is 0.376 e. The SMILES string of the molecule is CC[C@H](C(=O)NC(C)(C)C)N(C[C@@H]1CCCO1)C(=O)CNS(=O)(=O)c1ccc(C)cc1. The van der Waals surface area contributed by atoms with Crippen molar-refractivity contribution in [3.63, 3.8) is 0 Å². The Morgan fingerprint density at radius 3 is 2.39 bits per heavy atom. The van der Waals surface area contributed by atoms with E-state index in [2.05, 4.69) is 10.0 Å². The number of carbonyl (C=O) groups is 2. The summed E-state index contributed by atoms with van der Waals surface area (Å²) in [7, 11) is -3.84. The molecule has 0 unspecified atom stereocenters.